The van der Waals surface area contributed by atoms with Gasteiger partial charge in [0, 0.05) is 12.1 Å². The molecule has 1 aliphatic carbocycles. The molecule has 6 heteroatoms. The van der Waals surface area contributed by atoms with Crippen molar-refractivity contribution in [2.24, 2.45) is 11.8 Å². The average Bonchev–Trinajstić information content (AvgIpc) is 3.19. The molecule has 1 heterocycles. The number of piperazine rings is 1. The highest BCUT2D eigenvalue weighted by Gasteiger charge is 2.44. The van der Waals surface area contributed by atoms with E-state index in [-0.39, 0.29) is 17.7 Å². The predicted molar refractivity (Wildman–Crippen MR) is 127 cm³/mol. The van der Waals surface area contributed by atoms with Gasteiger partial charge in [-0.25, -0.2) is 0 Å². The molecule has 1 N–H and O–H groups in total. The van der Waals surface area contributed by atoms with Crippen LogP contribution in [0, 0.1) is 11.8 Å². The Kier molecular flexibility index (Phi) is 6.91. The third-order valence-electron chi connectivity index (χ3n) is 6.68. The maximum Gasteiger partial charge on any atom is 0.246 e. The van der Waals surface area contributed by atoms with Crippen molar-refractivity contribution in [1.29, 1.82) is 0 Å². The van der Waals surface area contributed by atoms with Crippen molar-refractivity contribution in [1.82, 2.24) is 10.2 Å². The highest BCUT2D eigenvalue weighted by atomic mass is 32.2. The number of amides is 2. The minimum absolute atomic E-state index is 0.0168. The first kappa shape index (κ1) is 22.9. The van der Waals surface area contributed by atoms with E-state index < -0.39 is 23.3 Å². The molecule has 4 rings (SSSR count). The van der Waals surface area contributed by atoms with Crippen molar-refractivity contribution in [2.75, 3.05) is 12.8 Å². The number of hydrogen-bond acceptors (Lipinski definition) is 3. The number of benzene rings is 2. The van der Waals surface area contributed by atoms with Crippen LogP contribution in [0.2, 0.25) is 0 Å². The lowest BCUT2D eigenvalue weighted by atomic mass is 9.90. The van der Waals surface area contributed by atoms with Crippen molar-refractivity contribution in [3.8, 4) is 0 Å². The van der Waals surface area contributed by atoms with E-state index in [1.807, 2.05) is 36.4 Å². The number of nitrogens with one attached hydrogen (secondary N) is 1. The van der Waals surface area contributed by atoms with Gasteiger partial charge in [-0.2, -0.15) is 0 Å². The van der Waals surface area contributed by atoms with E-state index in [0.29, 0.717) is 25.3 Å². The Balaban J connectivity index is 1.55. The number of nitrogens with zero attached hydrogens (tertiary/aromatic N) is 1. The molecule has 1 unspecified atom stereocenters. The van der Waals surface area contributed by atoms with Gasteiger partial charge in [0.05, 0.1) is 0 Å². The SMILES string of the molecule is CC(C)C[C@@H]1C(=O)N[C@H](C2Cc3ccccc3C2)C(=O)N1CCc1ccccc1[S+](C)[O-]. The topological polar surface area (TPSA) is 72.5 Å². The van der Waals surface area contributed by atoms with Crippen LogP contribution in [0.1, 0.15) is 37.0 Å². The van der Waals surface area contributed by atoms with Gasteiger partial charge in [0.1, 0.15) is 18.3 Å². The zero-order valence-electron chi connectivity index (χ0n) is 19.0. The Morgan fingerprint density at radius 2 is 1.69 bits per heavy atom. The summed E-state index contributed by atoms with van der Waals surface area (Å²) in [6.07, 6.45) is 4.52. The summed E-state index contributed by atoms with van der Waals surface area (Å²) in [6.45, 7) is 4.60. The van der Waals surface area contributed by atoms with E-state index in [9.17, 15) is 14.1 Å². The summed E-state index contributed by atoms with van der Waals surface area (Å²) in [4.78, 5) is 29.4. The Labute approximate surface area is 193 Å². The monoisotopic (exact) mass is 452 g/mol. The lowest BCUT2D eigenvalue weighted by Crippen LogP contribution is -2.65. The van der Waals surface area contributed by atoms with E-state index >= 15 is 0 Å². The quantitative estimate of drug-likeness (QED) is 0.656. The summed E-state index contributed by atoms with van der Waals surface area (Å²) in [5, 5.41) is 3.08. The van der Waals surface area contributed by atoms with Gasteiger partial charge in [-0.3, -0.25) is 9.59 Å². The van der Waals surface area contributed by atoms with Crippen molar-refractivity contribution in [3.63, 3.8) is 0 Å². The Morgan fingerprint density at radius 1 is 1.06 bits per heavy atom. The molecule has 5 nitrogen and oxygen atoms in total. The second kappa shape index (κ2) is 9.67. The Bertz CT molecular complexity index is 966. The molecule has 0 saturated carbocycles. The molecule has 1 fully saturated rings. The van der Waals surface area contributed by atoms with Crippen LogP contribution in [0.3, 0.4) is 0 Å². The second-order valence-electron chi connectivity index (χ2n) is 9.41. The second-order valence-corrected chi connectivity index (χ2v) is 10.8. The van der Waals surface area contributed by atoms with Gasteiger partial charge < -0.3 is 14.8 Å². The molecule has 0 aromatic heterocycles. The molecule has 170 valence electrons. The molecule has 3 atom stereocenters. The smallest absolute Gasteiger partial charge is 0.246 e. The number of carbonyl (C=O) groups excluding carboxylic acids is 2. The van der Waals surface area contributed by atoms with Gasteiger partial charge in [-0.1, -0.05) is 56.3 Å². The van der Waals surface area contributed by atoms with Gasteiger partial charge in [-0.05, 0) is 65.9 Å². The van der Waals surface area contributed by atoms with Gasteiger partial charge in [0.2, 0.25) is 11.8 Å². The molecule has 0 bridgehead atoms. The molecule has 2 aliphatic rings. The third-order valence-corrected chi connectivity index (χ3v) is 7.70. The van der Waals surface area contributed by atoms with Crippen molar-refractivity contribution in [3.05, 3.63) is 65.2 Å². The van der Waals surface area contributed by atoms with Crippen molar-refractivity contribution >= 4 is 23.0 Å². The molecule has 2 aromatic carbocycles. The first-order chi connectivity index (χ1) is 15.3. The van der Waals surface area contributed by atoms with Crippen LogP contribution >= 0.6 is 0 Å². The minimum Gasteiger partial charge on any atom is -0.612 e. The number of fused-ring (bicyclic) bond motifs is 1. The Hall–Kier alpha value is -2.31. The standard InChI is InChI=1S/C26H32N2O3S/c1-17(2)14-22-25(29)27-24(21-15-19-9-4-5-10-20(19)16-21)26(30)28(22)13-12-18-8-6-7-11-23(18)32(3)31/h4-11,17,21-22,24H,12-16H2,1-3H3,(H,27,29)/t22-,24-,32?/m1/s1. The van der Waals surface area contributed by atoms with Gasteiger partial charge in [0.15, 0.2) is 4.90 Å². The molecule has 1 aliphatic heterocycles. The minimum atomic E-state index is -1.09. The van der Waals surface area contributed by atoms with Gasteiger partial charge in [0.25, 0.3) is 0 Å². The fraction of sp³-hybridized carbons (Fsp3) is 0.462. The van der Waals surface area contributed by atoms with Crippen molar-refractivity contribution in [2.45, 2.75) is 56.5 Å². The van der Waals surface area contributed by atoms with Crippen LogP contribution in [0.15, 0.2) is 53.4 Å². The normalized spacial score (nSPS) is 22.2. The first-order valence-corrected chi connectivity index (χ1v) is 13.0. The summed E-state index contributed by atoms with van der Waals surface area (Å²) < 4.78 is 12.1. The van der Waals surface area contributed by atoms with Crippen LogP contribution in [0.25, 0.3) is 0 Å². The van der Waals surface area contributed by atoms with Gasteiger partial charge >= 0.3 is 0 Å². The lowest BCUT2D eigenvalue weighted by Gasteiger charge is -2.41. The number of rotatable bonds is 7. The Morgan fingerprint density at radius 3 is 2.31 bits per heavy atom. The third kappa shape index (κ3) is 4.71. The van der Waals surface area contributed by atoms with Crippen LogP contribution in [0.4, 0.5) is 0 Å². The van der Waals surface area contributed by atoms with E-state index in [1.54, 1.807) is 11.2 Å². The van der Waals surface area contributed by atoms with Gasteiger partial charge in [-0.15, -0.1) is 0 Å². The summed E-state index contributed by atoms with van der Waals surface area (Å²) in [5.41, 5.74) is 3.52. The highest BCUT2D eigenvalue weighted by molar-refractivity contribution is 7.90. The van der Waals surface area contributed by atoms with E-state index in [0.717, 1.165) is 23.3 Å². The molecule has 0 radical (unpaired) electrons. The maximum absolute atomic E-state index is 13.7. The maximum atomic E-state index is 13.7. The summed E-state index contributed by atoms with van der Waals surface area (Å²) in [5.74, 6) is 0.348. The van der Waals surface area contributed by atoms with Crippen LogP contribution in [-0.4, -0.2) is 46.2 Å². The molecule has 32 heavy (non-hydrogen) atoms. The summed E-state index contributed by atoms with van der Waals surface area (Å²) in [6, 6.07) is 15.0. The molecular formula is C26H32N2O3S. The summed E-state index contributed by atoms with van der Waals surface area (Å²) in [7, 11) is 0. The van der Waals surface area contributed by atoms with E-state index in [2.05, 4.69) is 31.3 Å². The van der Waals surface area contributed by atoms with E-state index in [4.69, 9.17) is 0 Å². The largest absolute Gasteiger partial charge is 0.612 e. The molecule has 2 aromatic rings. The van der Waals surface area contributed by atoms with Crippen LogP contribution < -0.4 is 5.32 Å². The molecule has 2 amide bonds. The highest BCUT2D eigenvalue weighted by Crippen LogP contribution is 2.32. The predicted octanol–water partition coefficient (Wildman–Crippen LogP) is 3.12. The molecular weight excluding hydrogens is 420 g/mol. The number of hydrogen-bond donors (Lipinski definition) is 1. The molecule has 0 spiro atoms. The van der Waals surface area contributed by atoms with Crippen molar-refractivity contribution < 1.29 is 14.1 Å². The first-order valence-electron chi connectivity index (χ1n) is 11.4. The lowest BCUT2D eigenvalue weighted by molar-refractivity contribution is -0.151. The fourth-order valence-corrected chi connectivity index (χ4v) is 5.92. The zero-order chi connectivity index (χ0) is 22.8. The van der Waals surface area contributed by atoms with Crippen LogP contribution in [-0.2, 0) is 40.0 Å². The average molecular weight is 453 g/mol. The number of carbonyl (C=O) groups is 2. The zero-order valence-corrected chi connectivity index (χ0v) is 19.9. The van der Waals surface area contributed by atoms with E-state index in [1.165, 1.54) is 11.1 Å². The van der Waals surface area contributed by atoms with Crippen LogP contribution in [0.5, 0.6) is 0 Å². The summed E-state index contributed by atoms with van der Waals surface area (Å²) >= 11 is -1.09. The molecule has 1 saturated heterocycles. The fourth-order valence-electron chi connectivity index (χ4n) is 5.11.